The minimum absolute atomic E-state index is 0.0745. The molecule has 2 fully saturated rings. The highest BCUT2D eigenvalue weighted by Gasteiger charge is 2.28. The molecule has 7 heteroatoms. The van der Waals surface area contributed by atoms with Crippen molar-refractivity contribution in [2.45, 2.75) is 89.1 Å². The SMILES string of the molecule is CN(C(=O)CCC(Nc1cc(F)ccc1[N+](=O)[O-])C1CCCCC1)C1CCCCC1. The Morgan fingerprint density at radius 2 is 1.80 bits per heavy atom. The monoisotopic (exact) mass is 419 g/mol. The van der Waals surface area contributed by atoms with Crippen molar-refractivity contribution < 1.29 is 14.1 Å². The molecule has 1 aromatic rings. The predicted octanol–water partition coefficient (Wildman–Crippen LogP) is 5.67. The van der Waals surface area contributed by atoms with Gasteiger partial charge in [0.05, 0.1) is 4.92 Å². The first-order chi connectivity index (χ1) is 14.5. The topological polar surface area (TPSA) is 75.5 Å². The Labute approximate surface area is 178 Å². The summed E-state index contributed by atoms with van der Waals surface area (Å²) in [4.78, 5) is 25.7. The summed E-state index contributed by atoms with van der Waals surface area (Å²) in [6.07, 6.45) is 12.3. The van der Waals surface area contributed by atoms with E-state index in [1.807, 2.05) is 11.9 Å². The van der Waals surface area contributed by atoms with E-state index in [1.165, 1.54) is 37.8 Å². The second-order valence-corrected chi connectivity index (χ2v) is 8.90. The van der Waals surface area contributed by atoms with Gasteiger partial charge in [0.15, 0.2) is 0 Å². The van der Waals surface area contributed by atoms with Crippen molar-refractivity contribution in [2.24, 2.45) is 5.92 Å². The maximum atomic E-state index is 13.8. The van der Waals surface area contributed by atoms with Gasteiger partial charge in [0.1, 0.15) is 11.5 Å². The minimum atomic E-state index is -0.501. The summed E-state index contributed by atoms with van der Waals surface area (Å²) in [5, 5.41) is 14.7. The number of hydrogen-bond donors (Lipinski definition) is 1. The second kappa shape index (κ2) is 10.7. The fraction of sp³-hybridized carbons (Fsp3) is 0.696. The van der Waals surface area contributed by atoms with Crippen LogP contribution < -0.4 is 5.32 Å². The maximum Gasteiger partial charge on any atom is 0.292 e. The predicted molar refractivity (Wildman–Crippen MR) is 116 cm³/mol. The highest BCUT2D eigenvalue weighted by atomic mass is 19.1. The molecule has 1 N–H and O–H groups in total. The Bertz CT molecular complexity index is 730. The van der Waals surface area contributed by atoms with E-state index in [1.54, 1.807) is 0 Å². The number of hydrogen-bond acceptors (Lipinski definition) is 4. The Morgan fingerprint density at radius 3 is 2.43 bits per heavy atom. The van der Waals surface area contributed by atoms with Crippen molar-refractivity contribution >= 4 is 17.3 Å². The van der Waals surface area contributed by atoms with Gasteiger partial charge in [0.2, 0.25) is 5.91 Å². The molecule has 1 atom stereocenters. The number of halogens is 1. The summed E-state index contributed by atoms with van der Waals surface area (Å²) in [6, 6.07) is 3.77. The van der Waals surface area contributed by atoms with Crippen LogP contribution in [0.4, 0.5) is 15.8 Å². The Balaban J connectivity index is 1.69. The molecule has 0 spiro atoms. The normalized spacial score (nSPS) is 19.3. The van der Waals surface area contributed by atoms with Crippen LogP contribution in [0.1, 0.15) is 77.0 Å². The average Bonchev–Trinajstić information content (AvgIpc) is 2.77. The number of nitrogens with zero attached hydrogens (tertiary/aromatic N) is 2. The summed E-state index contributed by atoms with van der Waals surface area (Å²) >= 11 is 0. The van der Waals surface area contributed by atoms with Crippen LogP contribution in [-0.4, -0.2) is 34.9 Å². The Kier molecular flexibility index (Phi) is 8.05. The zero-order chi connectivity index (χ0) is 21.5. The molecular formula is C23H34FN3O3. The van der Waals surface area contributed by atoms with E-state index in [0.29, 0.717) is 24.8 Å². The van der Waals surface area contributed by atoms with Crippen molar-refractivity contribution in [1.82, 2.24) is 4.90 Å². The fourth-order valence-electron chi connectivity index (χ4n) is 5.07. The number of amides is 1. The van der Waals surface area contributed by atoms with E-state index in [0.717, 1.165) is 44.6 Å². The lowest BCUT2D eigenvalue weighted by atomic mass is 9.82. The van der Waals surface area contributed by atoms with Crippen molar-refractivity contribution in [2.75, 3.05) is 12.4 Å². The van der Waals surface area contributed by atoms with E-state index in [2.05, 4.69) is 5.32 Å². The van der Waals surface area contributed by atoms with Crippen LogP contribution in [0.3, 0.4) is 0 Å². The molecule has 0 aromatic heterocycles. The summed E-state index contributed by atoms with van der Waals surface area (Å²) in [5.41, 5.74) is 0.0894. The molecule has 6 nitrogen and oxygen atoms in total. The summed E-state index contributed by atoms with van der Waals surface area (Å²) in [6.45, 7) is 0. The molecular weight excluding hydrogens is 385 g/mol. The van der Waals surface area contributed by atoms with Crippen LogP contribution in [0.5, 0.6) is 0 Å². The number of anilines is 1. The first-order valence-electron chi connectivity index (χ1n) is 11.4. The number of nitro groups is 1. The number of carbonyl (C=O) groups is 1. The standard InChI is InChI=1S/C23H34FN3O3/c1-26(19-10-6-3-7-11-19)23(28)15-13-20(17-8-4-2-5-9-17)25-21-16-18(24)12-14-22(21)27(29)30/h12,14,16-17,19-20,25H,2-11,13,15H2,1H3. The summed E-state index contributed by atoms with van der Waals surface area (Å²) in [5.74, 6) is -0.0220. The second-order valence-electron chi connectivity index (χ2n) is 8.90. The van der Waals surface area contributed by atoms with Gasteiger partial charge < -0.3 is 10.2 Å². The third kappa shape index (κ3) is 5.92. The third-order valence-electron chi connectivity index (χ3n) is 6.90. The number of nitrogens with one attached hydrogen (secondary N) is 1. The van der Waals surface area contributed by atoms with Crippen LogP contribution in [0.25, 0.3) is 0 Å². The quantitative estimate of drug-likeness (QED) is 0.435. The molecule has 2 aliphatic carbocycles. The van der Waals surface area contributed by atoms with Crippen LogP contribution >= 0.6 is 0 Å². The summed E-state index contributed by atoms with van der Waals surface area (Å²) in [7, 11) is 1.90. The highest BCUT2D eigenvalue weighted by Crippen LogP contribution is 2.33. The number of rotatable bonds is 8. The van der Waals surface area contributed by atoms with E-state index in [4.69, 9.17) is 0 Å². The van der Waals surface area contributed by atoms with Crippen molar-refractivity contribution in [3.8, 4) is 0 Å². The number of benzene rings is 1. The molecule has 0 radical (unpaired) electrons. The van der Waals surface area contributed by atoms with Gasteiger partial charge in [-0.25, -0.2) is 4.39 Å². The minimum Gasteiger partial charge on any atom is -0.376 e. The zero-order valence-corrected chi connectivity index (χ0v) is 17.9. The molecule has 2 aliphatic rings. The summed E-state index contributed by atoms with van der Waals surface area (Å²) < 4.78 is 13.8. The molecule has 3 rings (SSSR count). The molecule has 0 bridgehead atoms. The molecule has 166 valence electrons. The van der Waals surface area contributed by atoms with E-state index in [9.17, 15) is 19.3 Å². The molecule has 30 heavy (non-hydrogen) atoms. The smallest absolute Gasteiger partial charge is 0.292 e. The van der Waals surface area contributed by atoms with E-state index in [-0.39, 0.29) is 23.3 Å². The third-order valence-corrected chi connectivity index (χ3v) is 6.90. The average molecular weight is 420 g/mol. The van der Waals surface area contributed by atoms with Crippen LogP contribution in [-0.2, 0) is 4.79 Å². The maximum absolute atomic E-state index is 13.8. The van der Waals surface area contributed by atoms with E-state index < -0.39 is 10.7 Å². The van der Waals surface area contributed by atoms with Gasteiger partial charge in [-0.3, -0.25) is 14.9 Å². The lowest BCUT2D eigenvalue weighted by Crippen LogP contribution is -2.39. The lowest BCUT2D eigenvalue weighted by molar-refractivity contribution is -0.384. The van der Waals surface area contributed by atoms with Gasteiger partial charge in [-0.15, -0.1) is 0 Å². The first-order valence-corrected chi connectivity index (χ1v) is 11.4. The first kappa shape index (κ1) is 22.5. The lowest BCUT2D eigenvalue weighted by Gasteiger charge is -2.34. The highest BCUT2D eigenvalue weighted by molar-refractivity contribution is 5.76. The number of nitro benzene ring substituents is 1. The molecule has 1 amide bonds. The van der Waals surface area contributed by atoms with Crippen LogP contribution in [0.15, 0.2) is 18.2 Å². The Hall–Kier alpha value is -2.18. The molecule has 0 heterocycles. The van der Waals surface area contributed by atoms with Crippen LogP contribution in [0.2, 0.25) is 0 Å². The fourth-order valence-corrected chi connectivity index (χ4v) is 5.07. The van der Waals surface area contributed by atoms with Gasteiger partial charge in [-0.05, 0) is 44.1 Å². The Morgan fingerprint density at radius 1 is 1.17 bits per heavy atom. The van der Waals surface area contributed by atoms with Gasteiger partial charge in [0, 0.05) is 37.7 Å². The van der Waals surface area contributed by atoms with Crippen molar-refractivity contribution in [3.63, 3.8) is 0 Å². The van der Waals surface area contributed by atoms with Gasteiger partial charge in [-0.2, -0.15) is 0 Å². The van der Waals surface area contributed by atoms with Crippen molar-refractivity contribution in [3.05, 3.63) is 34.1 Å². The van der Waals surface area contributed by atoms with Crippen molar-refractivity contribution in [1.29, 1.82) is 0 Å². The molecule has 2 saturated carbocycles. The molecule has 0 saturated heterocycles. The van der Waals surface area contributed by atoms with Gasteiger partial charge in [0.25, 0.3) is 5.69 Å². The molecule has 1 aromatic carbocycles. The molecule has 1 unspecified atom stereocenters. The van der Waals surface area contributed by atoms with Crippen LogP contribution in [0, 0.1) is 21.8 Å². The van der Waals surface area contributed by atoms with Gasteiger partial charge >= 0.3 is 0 Å². The number of carbonyl (C=O) groups excluding carboxylic acids is 1. The zero-order valence-electron chi connectivity index (χ0n) is 17.9. The van der Waals surface area contributed by atoms with Gasteiger partial charge in [-0.1, -0.05) is 38.5 Å². The largest absolute Gasteiger partial charge is 0.376 e. The molecule has 0 aliphatic heterocycles. The van der Waals surface area contributed by atoms with E-state index >= 15 is 0 Å².